The number of hydrogen-bond donors (Lipinski definition) is 3. The molecule has 1 aromatic carbocycles. The van der Waals surface area contributed by atoms with Crippen LogP contribution in [0.15, 0.2) is 18.2 Å². The maximum Gasteiger partial charge on any atom is 0.320 e. The highest BCUT2D eigenvalue weighted by molar-refractivity contribution is 6.32. The van der Waals surface area contributed by atoms with Crippen LogP contribution in [0.25, 0.3) is 0 Å². The van der Waals surface area contributed by atoms with Gasteiger partial charge >= 0.3 is 5.97 Å². The summed E-state index contributed by atoms with van der Waals surface area (Å²) < 4.78 is 0. The van der Waals surface area contributed by atoms with Crippen LogP contribution in [0, 0.1) is 0 Å². The van der Waals surface area contributed by atoms with Gasteiger partial charge in [-0.2, -0.15) is 0 Å². The van der Waals surface area contributed by atoms with Crippen molar-refractivity contribution in [3.63, 3.8) is 0 Å². The maximum absolute atomic E-state index is 10.4. The second kappa shape index (κ2) is 5.80. The number of aromatic hydroxyl groups is 1. The average molecular weight is 252 g/mol. The van der Waals surface area contributed by atoms with Gasteiger partial charge < -0.3 is 15.9 Å². The van der Waals surface area contributed by atoms with E-state index in [9.17, 15) is 9.90 Å². The van der Waals surface area contributed by atoms with Crippen molar-refractivity contribution in [3.8, 4) is 5.75 Å². The number of carbonyl (C=O) groups is 1. The zero-order valence-electron chi connectivity index (χ0n) is 7.68. The first-order valence-electron chi connectivity index (χ1n) is 3.96. The third-order valence-corrected chi connectivity index (χ3v) is 2.10. The van der Waals surface area contributed by atoms with Gasteiger partial charge in [0.25, 0.3) is 0 Å². The van der Waals surface area contributed by atoms with E-state index in [0.29, 0.717) is 5.56 Å². The van der Waals surface area contributed by atoms with Crippen LogP contribution >= 0.6 is 24.0 Å². The molecule has 15 heavy (non-hydrogen) atoms. The van der Waals surface area contributed by atoms with Crippen LogP contribution < -0.4 is 5.73 Å². The SMILES string of the molecule is Cl.NC(Cc1ccc(Cl)c(O)c1)C(=O)O. The third-order valence-electron chi connectivity index (χ3n) is 1.78. The Balaban J connectivity index is 0.00000196. The lowest BCUT2D eigenvalue weighted by Gasteiger charge is -2.06. The van der Waals surface area contributed by atoms with E-state index in [1.165, 1.54) is 12.1 Å². The molecule has 1 rings (SSSR count). The summed E-state index contributed by atoms with van der Waals surface area (Å²) in [5.41, 5.74) is 5.96. The zero-order chi connectivity index (χ0) is 10.7. The fraction of sp³-hybridized carbons (Fsp3) is 0.222. The highest BCUT2D eigenvalue weighted by Gasteiger charge is 2.12. The van der Waals surface area contributed by atoms with E-state index >= 15 is 0 Å². The van der Waals surface area contributed by atoms with Crippen molar-refractivity contribution < 1.29 is 15.0 Å². The summed E-state index contributed by atoms with van der Waals surface area (Å²) in [6.07, 6.45) is 0.167. The smallest absolute Gasteiger partial charge is 0.320 e. The van der Waals surface area contributed by atoms with Gasteiger partial charge in [0.2, 0.25) is 0 Å². The topological polar surface area (TPSA) is 83.5 Å². The number of carboxylic acids is 1. The first-order valence-corrected chi connectivity index (χ1v) is 4.34. The highest BCUT2D eigenvalue weighted by atomic mass is 35.5. The minimum Gasteiger partial charge on any atom is -0.506 e. The van der Waals surface area contributed by atoms with Crippen LogP contribution in [0.1, 0.15) is 5.56 Å². The third kappa shape index (κ3) is 3.95. The fourth-order valence-electron chi connectivity index (χ4n) is 1.03. The van der Waals surface area contributed by atoms with Gasteiger partial charge in [-0.05, 0) is 24.1 Å². The second-order valence-corrected chi connectivity index (χ2v) is 3.34. The van der Waals surface area contributed by atoms with E-state index < -0.39 is 12.0 Å². The van der Waals surface area contributed by atoms with Crippen molar-refractivity contribution >= 4 is 30.0 Å². The molecule has 0 radical (unpaired) electrons. The van der Waals surface area contributed by atoms with E-state index in [-0.39, 0.29) is 29.6 Å². The number of phenolic OH excluding ortho intramolecular Hbond substituents is 1. The molecule has 0 amide bonds. The minimum absolute atomic E-state index is 0. The fourth-order valence-corrected chi connectivity index (χ4v) is 1.14. The van der Waals surface area contributed by atoms with Crippen LogP contribution in [-0.4, -0.2) is 22.2 Å². The standard InChI is InChI=1S/C9H10ClNO3.ClH/c10-6-2-1-5(4-8(6)12)3-7(11)9(13)14;/h1-2,4,7,12H,3,11H2,(H,13,14);1H. The zero-order valence-corrected chi connectivity index (χ0v) is 9.26. The van der Waals surface area contributed by atoms with Crippen molar-refractivity contribution in [1.29, 1.82) is 0 Å². The molecule has 0 aliphatic rings. The lowest BCUT2D eigenvalue weighted by molar-refractivity contribution is -0.138. The van der Waals surface area contributed by atoms with Gasteiger partial charge in [0.1, 0.15) is 11.8 Å². The summed E-state index contributed by atoms with van der Waals surface area (Å²) in [6, 6.07) is 3.58. The quantitative estimate of drug-likeness (QED) is 0.759. The van der Waals surface area contributed by atoms with Gasteiger partial charge in [-0.25, -0.2) is 0 Å². The van der Waals surface area contributed by atoms with Gasteiger partial charge in [0.15, 0.2) is 0 Å². The predicted molar refractivity (Wildman–Crippen MR) is 59.7 cm³/mol. The summed E-state index contributed by atoms with van der Waals surface area (Å²) in [7, 11) is 0. The first kappa shape index (κ1) is 14.0. The van der Waals surface area contributed by atoms with Crippen LogP contribution in [0.3, 0.4) is 0 Å². The van der Waals surface area contributed by atoms with Gasteiger partial charge in [-0.15, -0.1) is 12.4 Å². The predicted octanol–water partition coefficient (Wildman–Crippen LogP) is 1.42. The van der Waals surface area contributed by atoms with Gasteiger partial charge in [-0.3, -0.25) is 4.79 Å². The molecular formula is C9H11Cl2NO3. The van der Waals surface area contributed by atoms with Crippen molar-refractivity contribution in [1.82, 2.24) is 0 Å². The average Bonchev–Trinajstić information content (AvgIpc) is 2.11. The molecule has 6 heteroatoms. The highest BCUT2D eigenvalue weighted by Crippen LogP contribution is 2.24. The second-order valence-electron chi connectivity index (χ2n) is 2.93. The molecule has 0 heterocycles. The number of nitrogens with two attached hydrogens (primary N) is 1. The largest absolute Gasteiger partial charge is 0.506 e. The Kier molecular flexibility index (Phi) is 5.43. The van der Waals surface area contributed by atoms with Gasteiger partial charge in [-0.1, -0.05) is 17.7 Å². The molecule has 0 fully saturated rings. The molecule has 84 valence electrons. The number of aliphatic carboxylic acids is 1. The van der Waals surface area contributed by atoms with Crippen molar-refractivity contribution in [3.05, 3.63) is 28.8 Å². The lowest BCUT2D eigenvalue weighted by atomic mass is 10.1. The Bertz CT molecular complexity index is 357. The number of rotatable bonds is 3. The van der Waals surface area contributed by atoms with Crippen molar-refractivity contribution in [2.75, 3.05) is 0 Å². The minimum atomic E-state index is -1.07. The molecule has 0 saturated carbocycles. The molecule has 1 atom stereocenters. The summed E-state index contributed by atoms with van der Waals surface area (Å²) >= 11 is 5.58. The van der Waals surface area contributed by atoms with Crippen molar-refractivity contribution in [2.24, 2.45) is 5.73 Å². The number of carboxylic acid groups (broad SMARTS) is 1. The first-order chi connectivity index (χ1) is 6.50. The Morgan fingerprint density at radius 1 is 1.53 bits per heavy atom. The maximum atomic E-state index is 10.4. The van der Waals surface area contributed by atoms with Crippen LogP contribution in [-0.2, 0) is 11.2 Å². The van der Waals surface area contributed by atoms with Crippen LogP contribution in [0.5, 0.6) is 5.75 Å². The summed E-state index contributed by atoms with van der Waals surface area (Å²) in [5.74, 6) is -1.14. The molecular weight excluding hydrogens is 241 g/mol. The van der Waals surface area contributed by atoms with Gasteiger partial charge in [0, 0.05) is 0 Å². The molecule has 0 aromatic heterocycles. The lowest BCUT2D eigenvalue weighted by Crippen LogP contribution is -2.32. The van der Waals surface area contributed by atoms with Gasteiger partial charge in [0.05, 0.1) is 5.02 Å². The van der Waals surface area contributed by atoms with E-state index in [1.54, 1.807) is 6.07 Å². The molecule has 0 bridgehead atoms. The Hall–Kier alpha value is -0.970. The monoisotopic (exact) mass is 251 g/mol. The number of hydrogen-bond acceptors (Lipinski definition) is 3. The molecule has 0 aliphatic carbocycles. The summed E-state index contributed by atoms with van der Waals surface area (Å²) in [5, 5.41) is 18.0. The number of halogens is 2. The molecule has 0 saturated heterocycles. The Labute approximate surface area is 98.1 Å². The van der Waals surface area contributed by atoms with E-state index in [0.717, 1.165) is 0 Å². The summed E-state index contributed by atoms with van der Waals surface area (Å²) in [4.78, 5) is 10.4. The molecule has 4 N–H and O–H groups in total. The normalized spacial score (nSPS) is 11.6. The molecule has 4 nitrogen and oxygen atoms in total. The Morgan fingerprint density at radius 3 is 2.60 bits per heavy atom. The number of benzene rings is 1. The van der Waals surface area contributed by atoms with Crippen LogP contribution in [0.2, 0.25) is 5.02 Å². The van der Waals surface area contributed by atoms with E-state index in [1.807, 2.05) is 0 Å². The summed E-state index contributed by atoms with van der Waals surface area (Å²) in [6.45, 7) is 0. The molecule has 1 unspecified atom stereocenters. The van der Waals surface area contributed by atoms with Crippen LogP contribution in [0.4, 0.5) is 0 Å². The molecule has 0 aliphatic heterocycles. The van der Waals surface area contributed by atoms with E-state index in [4.69, 9.17) is 22.4 Å². The number of phenols is 1. The molecule has 1 aromatic rings. The van der Waals surface area contributed by atoms with E-state index in [2.05, 4.69) is 0 Å². The van der Waals surface area contributed by atoms with Crippen molar-refractivity contribution in [2.45, 2.75) is 12.5 Å². The Morgan fingerprint density at radius 2 is 2.13 bits per heavy atom. The molecule has 0 spiro atoms.